The molecule has 2 amide bonds. The van der Waals surface area contributed by atoms with Crippen LogP contribution in [0, 0.1) is 0 Å². The molecule has 1 aromatic heterocycles. The molecule has 9 heteroatoms. The Balaban J connectivity index is 2.11. The second kappa shape index (κ2) is 8.11. The fourth-order valence-corrected chi connectivity index (χ4v) is 2.41. The lowest BCUT2D eigenvalue weighted by atomic mass is 10.1. The highest BCUT2D eigenvalue weighted by Crippen LogP contribution is 2.19. The van der Waals surface area contributed by atoms with Crippen molar-refractivity contribution in [1.29, 1.82) is 0 Å². The number of hydrogen-bond donors (Lipinski definition) is 2. The number of benzene rings is 1. The highest BCUT2D eigenvalue weighted by atomic mass is 32.2. The molecule has 2 N–H and O–H groups in total. The molecule has 0 fully saturated rings. The molecule has 0 aliphatic rings. The lowest BCUT2D eigenvalue weighted by Gasteiger charge is -2.12. The molecule has 2 rings (SSSR count). The van der Waals surface area contributed by atoms with E-state index >= 15 is 0 Å². The SMILES string of the molecule is CSCc1ccc(C(=O)Nc2ccccc2C(=O)NCC(F)(F)F)o1. The van der Waals surface area contributed by atoms with Gasteiger partial charge in [-0.05, 0) is 30.5 Å². The van der Waals surface area contributed by atoms with Gasteiger partial charge in [0, 0.05) is 0 Å². The molecule has 0 saturated carbocycles. The zero-order valence-corrected chi connectivity index (χ0v) is 14.0. The van der Waals surface area contributed by atoms with E-state index in [1.807, 2.05) is 6.26 Å². The largest absolute Gasteiger partial charge is 0.455 e. The molecule has 0 aliphatic carbocycles. The van der Waals surface area contributed by atoms with Crippen LogP contribution in [0.25, 0.3) is 0 Å². The number of anilines is 1. The van der Waals surface area contributed by atoms with Crippen molar-refractivity contribution in [3.05, 3.63) is 53.5 Å². The number of carbonyl (C=O) groups is 2. The minimum absolute atomic E-state index is 0.0505. The van der Waals surface area contributed by atoms with Gasteiger partial charge in [0.2, 0.25) is 0 Å². The number of nitrogens with one attached hydrogen (secondary N) is 2. The molecule has 25 heavy (non-hydrogen) atoms. The third-order valence-corrected chi connectivity index (χ3v) is 3.61. The summed E-state index contributed by atoms with van der Waals surface area (Å²) < 4.78 is 42.1. The summed E-state index contributed by atoms with van der Waals surface area (Å²) in [6.07, 6.45) is -2.63. The molecule has 0 spiro atoms. The van der Waals surface area contributed by atoms with Crippen LogP contribution in [0.3, 0.4) is 0 Å². The summed E-state index contributed by atoms with van der Waals surface area (Å²) in [5.41, 5.74) is 0.0194. The Labute approximate surface area is 146 Å². The van der Waals surface area contributed by atoms with Gasteiger partial charge in [-0.1, -0.05) is 12.1 Å². The van der Waals surface area contributed by atoms with Crippen LogP contribution in [0.15, 0.2) is 40.8 Å². The predicted octanol–water partition coefficient (Wildman–Crippen LogP) is 3.69. The van der Waals surface area contributed by atoms with Gasteiger partial charge in [0.25, 0.3) is 11.8 Å². The Kier molecular flexibility index (Phi) is 6.13. The second-order valence-corrected chi connectivity index (χ2v) is 5.86. The highest BCUT2D eigenvalue weighted by Gasteiger charge is 2.28. The maximum atomic E-state index is 12.2. The average Bonchev–Trinajstić information content (AvgIpc) is 3.01. The molecular weight excluding hydrogens is 357 g/mol. The Morgan fingerprint density at radius 2 is 1.84 bits per heavy atom. The van der Waals surface area contributed by atoms with Crippen molar-refractivity contribution in [2.45, 2.75) is 11.9 Å². The van der Waals surface area contributed by atoms with Crippen LogP contribution in [0.2, 0.25) is 0 Å². The van der Waals surface area contributed by atoms with Crippen molar-refractivity contribution in [2.24, 2.45) is 0 Å². The van der Waals surface area contributed by atoms with Gasteiger partial charge >= 0.3 is 6.18 Å². The molecular formula is C16H15F3N2O3S. The number of amides is 2. The van der Waals surface area contributed by atoms with E-state index in [1.165, 1.54) is 36.0 Å². The maximum absolute atomic E-state index is 12.2. The molecule has 0 bridgehead atoms. The molecule has 0 saturated heterocycles. The fraction of sp³-hybridized carbons (Fsp3) is 0.250. The minimum atomic E-state index is -4.52. The van der Waals surface area contributed by atoms with Crippen LogP contribution in [0.1, 0.15) is 26.7 Å². The third-order valence-electron chi connectivity index (χ3n) is 3.04. The summed E-state index contributed by atoms with van der Waals surface area (Å²) in [5.74, 6) is -0.258. The van der Waals surface area contributed by atoms with E-state index in [1.54, 1.807) is 17.4 Å². The molecule has 1 aromatic carbocycles. The van der Waals surface area contributed by atoms with Gasteiger partial charge in [0.15, 0.2) is 5.76 Å². The number of alkyl halides is 3. The van der Waals surface area contributed by atoms with Crippen molar-refractivity contribution in [2.75, 3.05) is 18.1 Å². The Hall–Kier alpha value is -2.42. The summed E-state index contributed by atoms with van der Waals surface area (Å²) >= 11 is 1.53. The molecule has 0 atom stereocenters. The summed E-state index contributed by atoms with van der Waals surface area (Å²) in [6.45, 7) is -1.45. The standard InChI is InChI=1S/C16H15F3N2O3S/c1-25-8-10-6-7-13(24-10)15(23)21-12-5-3-2-4-11(12)14(22)20-9-16(17,18)19/h2-7H,8-9H2,1H3,(H,20,22)(H,21,23). The molecule has 134 valence electrons. The number of rotatable bonds is 6. The quantitative estimate of drug-likeness (QED) is 0.811. The van der Waals surface area contributed by atoms with Crippen LogP contribution < -0.4 is 10.6 Å². The average molecular weight is 372 g/mol. The van der Waals surface area contributed by atoms with Gasteiger partial charge in [0.1, 0.15) is 12.3 Å². The topological polar surface area (TPSA) is 71.3 Å². The maximum Gasteiger partial charge on any atom is 0.405 e. The first-order valence-electron chi connectivity index (χ1n) is 7.13. The number of carbonyl (C=O) groups excluding carboxylic acids is 2. The third kappa shape index (κ3) is 5.56. The van der Waals surface area contributed by atoms with E-state index in [0.717, 1.165) is 0 Å². The van der Waals surface area contributed by atoms with E-state index in [9.17, 15) is 22.8 Å². The second-order valence-electron chi connectivity index (χ2n) is 5.00. The van der Waals surface area contributed by atoms with Crippen LogP contribution in [0.5, 0.6) is 0 Å². The van der Waals surface area contributed by atoms with E-state index in [0.29, 0.717) is 11.5 Å². The number of thioether (sulfide) groups is 1. The summed E-state index contributed by atoms with van der Waals surface area (Å²) in [4.78, 5) is 24.1. The van der Waals surface area contributed by atoms with E-state index < -0.39 is 24.5 Å². The number of furan rings is 1. The summed E-state index contributed by atoms with van der Waals surface area (Å²) in [5, 5.41) is 4.25. The monoisotopic (exact) mass is 372 g/mol. The van der Waals surface area contributed by atoms with Gasteiger partial charge in [-0.2, -0.15) is 24.9 Å². The minimum Gasteiger partial charge on any atom is -0.455 e. The summed E-state index contributed by atoms with van der Waals surface area (Å²) in [6, 6.07) is 8.94. The van der Waals surface area contributed by atoms with Crippen molar-refractivity contribution < 1.29 is 27.2 Å². The number of para-hydroxylation sites is 1. The first-order chi connectivity index (χ1) is 11.8. The normalized spacial score (nSPS) is 11.2. The number of halogens is 3. The van der Waals surface area contributed by atoms with E-state index in [2.05, 4.69) is 5.32 Å². The van der Waals surface area contributed by atoms with Crippen LogP contribution in [-0.2, 0) is 5.75 Å². The molecule has 0 unspecified atom stereocenters. The van der Waals surface area contributed by atoms with Gasteiger partial charge in [-0.25, -0.2) is 0 Å². The van der Waals surface area contributed by atoms with Crippen LogP contribution in [0.4, 0.5) is 18.9 Å². The zero-order valence-electron chi connectivity index (χ0n) is 13.1. The Bertz CT molecular complexity index is 759. The smallest absolute Gasteiger partial charge is 0.405 e. The lowest BCUT2D eigenvalue weighted by Crippen LogP contribution is -2.34. The first-order valence-corrected chi connectivity index (χ1v) is 8.52. The van der Waals surface area contributed by atoms with Crippen molar-refractivity contribution >= 4 is 29.3 Å². The molecule has 0 aliphatic heterocycles. The van der Waals surface area contributed by atoms with Crippen molar-refractivity contribution in [3.63, 3.8) is 0 Å². The van der Waals surface area contributed by atoms with Crippen LogP contribution >= 0.6 is 11.8 Å². The van der Waals surface area contributed by atoms with E-state index in [-0.39, 0.29) is 17.0 Å². The molecule has 0 radical (unpaired) electrons. The van der Waals surface area contributed by atoms with E-state index in [4.69, 9.17) is 4.42 Å². The Morgan fingerprint density at radius 3 is 2.52 bits per heavy atom. The summed E-state index contributed by atoms with van der Waals surface area (Å²) in [7, 11) is 0. The van der Waals surface area contributed by atoms with Gasteiger partial charge < -0.3 is 15.1 Å². The van der Waals surface area contributed by atoms with Crippen molar-refractivity contribution in [1.82, 2.24) is 5.32 Å². The van der Waals surface area contributed by atoms with Gasteiger partial charge in [0.05, 0.1) is 17.0 Å². The van der Waals surface area contributed by atoms with Crippen molar-refractivity contribution in [3.8, 4) is 0 Å². The Morgan fingerprint density at radius 1 is 1.12 bits per heavy atom. The van der Waals surface area contributed by atoms with Crippen LogP contribution in [-0.4, -0.2) is 30.8 Å². The highest BCUT2D eigenvalue weighted by molar-refractivity contribution is 7.97. The number of hydrogen-bond acceptors (Lipinski definition) is 4. The molecule has 2 aromatic rings. The fourth-order valence-electron chi connectivity index (χ4n) is 1.97. The predicted molar refractivity (Wildman–Crippen MR) is 88.7 cm³/mol. The van der Waals surface area contributed by atoms with Gasteiger partial charge in [-0.15, -0.1) is 0 Å². The first kappa shape index (κ1) is 18.9. The molecule has 5 nitrogen and oxygen atoms in total. The zero-order chi connectivity index (χ0) is 18.4. The molecule has 1 heterocycles. The van der Waals surface area contributed by atoms with Gasteiger partial charge in [-0.3, -0.25) is 9.59 Å². The lowest BCUT2D eigenvalue weighted by molar-refractivity contribution is -0.123.